The van der Waals surface area contributed by atoms with Crippen molar-refractivity contribution >= 4 is 23.4 Å². The second-order valence-corrected chi connectivity index (χ2v) is 6.43. The molecule has 7 nitrogen and oxygen atoms in total. The molecule has 7 heteroatoms. The summed E-state index contributed by atoms with van der Waals surface area (Å²) in [5, 5.41) is 2.73. The minimum absolute atomic E-state index is 0.139. The highest BCUT2D eigenvalue weighted by Gasteiger charge is 2.47. The summed E-state index contributed by atoms with van der Waals surface area (Å²) in [6, 6.07) is 14.2. The summed E-state index contributed by atoms with van der Waals surface area (Å²) in [5.41, 5.74) is 2.27. The van der Waals surface area contributed by atoms with E-state index in [1.807, 2.05) is 12.1 Å². The maximum absolute atomic E-state index is 13.1. The molecule has 3 amide bonds. The second-order valence-electron chi connectivity index (χ2n) is 6.43. The number of carbonyl (C=O) groups excluding carboxylic acids is 3. The standard InChI is InChI=1S/C20H19N3O4/c1-27-11-10-21-17(24)12-22-18-13-6-2-3-7-14(13)20(26)23(18)16-9-5-4-8-15(16)19(22)25/h2-9,18H,10-12H2,1H3,(H,21,24). The van der Waals surface area contributed by atoms with Crippen LogP contribution >= 0.6 is 0 Å². The van der Waals surface area contributed by atoms with Crippen molar-refractivity contribution in [3.63, 3.8) is 0 Å². The molecule has 2 aliphatic rings. The number of amides is 3. The normalized spacial score (nSPS) is 17.4. The third-order valence-corrected chi connectivity index (χ3v) is 4.83. The molecule has 0 bridgehead atoms. The Labute approximate surface area is 156 Å². The van der Waals surface area contributed by atoms with Crippen molar-refractivity contribution in [2.75, 3.05) is 31.7 Å². The first-order valence-corrected chi connectivity index (χ1v) is 8.71. The fourth-order valence-electron chi connectivity index (χ4n) is 3.64. The van der Waals surface area contributed by atoms with Crippen LogP contribution in [0.3, 0.4) is 0 Å². The molecular weight excluding hydrogens is 346 g/mol. The number of fused-ring (bicyclic) bond motifs is 5. The Morgan fingerprint density at radius 3 is 2.52 bits per heavy atom. The number of benzene rings is 2. The SMILES string of the molecule is COCCNC(=O)CN1C(=O)c2ccccc2N2C(=O)c3ccccc3C12. The molecule has 1 N–H and O–H groups in total. The molecule has 0 radical (unpaired) electrons. The van der Waals surface area contributed by atoms with E-state index in [1.54, 1.807) is 48.4 Å². The lowest BCUT2D eigenvalue weighted by atomic mass is 10.0. The number of anilines is 1. The van der Waals surface area contributed by atoms with Gasteiger partial charge in [-0.05, 0) is 18.2 Å². The van der Waals surface area contributed by atoms with Crippen LogP contribution in [-0.4, -0.2) is 49.4 Å². The molecule has 1 unspecified atom stereocenters. The number of carbonyl (C=O) groups is 3. The largest absolute Gasteiger partial charge is 0.383 e. The molecule has 0 saturated carbocycles. The van der Waals surface area contributed by atoms with E-state index in [2.05, 4.69) is 5.32 Å². The molecular formula is C20H19N3O4. The molecule has 0 spiro atoms. The monoisotopic (exact) mass is 365 g/mol. The highest BCUT2D eigenvalue weighted by molar-refractivity contribution is 6.17. The molecule has 0 fully saturated rings. The minimum Gasteiger partial charge on any atom is -0.383 e. The van der Waals surface area contributed by atoms with Crippen LogP contribution in [0.25, 0.3) is 0 Å². The van der Waals surface area contributed by atoms with Crippen LogP contribution in [0.4, 0.5) is 5.69 Å². The number of hydrogen-bond acceptors (Lipinski definition) is 4. The van der Waals surface area contributed by atoms with Crippen LogP contribution in [0.5, 0.6) is 0 Å². The van der Waals surface area contributed by atoms with Gasteiger partial charge in [-0.15, -0.1) is 0 Å². The fraction of sp³-hybridized carbons (Fsp3) is 0.250. The van der Waals surface area contributed by atoms with Gasteiger partial charge < -0.3 is 15.0 Å². The van der Waals surface area contributed by atoms with Gasteiger partial charge in [0.15, 0.2) is 0 Å². The fourth-order valence-corrected chi connectivity index (χ4v) is 3.64. The lowest BCUT2D eigenvalue weighted by Gasteiger charge is -2.40. The van der Waals surface area contributed by atoms with Crippen molar-refractivity contribution < 1.29 is 19.1 Å². The lowest BCUT2D eigenvalue weighted by molar-refractivity contribution is -0.122. The van der Waals surface area contributed by atoms with Crippen molar-refractivity contribution in [3.8, 4) is 0 Å². The van der Waals surface area contributed by atoms with Crippen LogP contribution in [0.1, 0.15) is 32.4 Å². The molecule has 2 heterocycles. The van der Waals surface area contributed by atoms with Gasteiger partial charge in [-0.1, -0.05) is 30.3 Å². The van der Waals surface area contributed by atoms with Crippen LogP contribution in [-0.2, 0) is 9.53 Å². The first-order valence-electron chi connectivity index (χ1n) is 8.71. The predicted octanol–water partition coefficient (Wildman–Crippen LogP) is 1.56. The first kappa shape index (κ1) is 17.2. The molecule has 2 aliphatic heterocycles. The molecule has 0 saturated heterocycles. The van der Waals surface area contributed by atoms with E-state index in [0.717, 1.165) is 5.56 Å². The maximum atomic E-state index is 13.1. The van der Waals surface area contributed by atoms with Gasteiger partial charge in [0.05, 0.1) is 17.9 Å². The molecule has 0 aromatic heterocycles. The summed E-state index contributed by atoms with van der Waals surface area (Å²) in [7, 11) is 1.55. The van der Waals surface area contributed by atoms with Crippen LogP contribution in [0.2, 0.25) is 0 Å². The average Bonchev–Trinajstić information content (AvgIpc) is 2.98. The van der Waals surface area contributed by atoms with Gasteiger partial charge in [-0.2, -0.15) is 0 Å². The zero-order valence-electron chi connectivity index (χ0n) is 14.8. The predicted molar refractivity (Wildman–Crippen MR) is 98.4 cm³/mol. The summed E-state index contributed by atoms with van der Waals surface area (Å²) in [4.78, 5) is 41.6. The van der Waals surface area contributed by atoms with Gasteiger partial charge in [-0.25, -0.2) is 0 Å². The van der Waals surface area contributed by atoms with E-state index in [-0.39, 0.29) is 24.3 Å². The van der Waals surface area contributed by atoms with E-state index in [1.165, 1.54) is 4.90 Å². The molecule has 0 aliphatic carbocycles. The quantitative estimate of drug-likeness (QED) is 0.816. The number of methoxy groups -OCH3 is 1. The number of ether oxygens (including phenoxy) is 1. The summed E-state index contributed by atoms with van der Waals surface area (Å²) in [6.07, 6.45) is -0.621. The molecule has 27 heavy (non-hydrogen) atoms. The van der Waals surface area contributed by atoms with E-state index < -0.39 is 6.17 Å². The average molecular weight is 365 g/mol. The van der Waals surface area contributed by atoms with E-state index in [9.17, 15) is 14.4 Å². The van der Waals surface area contributed by atoms with Crippen molar-refractivity contribution in [3.05, 3.63) is 65.2 Å². The summed E-state index contributed by atoms with van der Waals surface area (Å²) in [6.45, 7) is 0.608. The smallest absolute Gasteiger partial charge is 0.260 e. The summed E-state index contributed by atoms with van der Waals surface area (Å²) in [5.74, 6) is -0.727. The van der Waals surface area contributed by atoms with Crippen molar-refractivity contribution in [2.24, 2.45) is 0 Å². The summed E-state index contributed by atoms with van der Waals surface area (Å²) >= 11 is 0. The number of rotatable bonds is 5. The van der Waals surface area contributed by atoms with E-state index in [0.29, 0.717) is 30.0 Å². The Hall–Kier alpha value is -3.19. The van der Waals surface area contributed by atoms with Gasteiger partial charge in [0, 0.05) is 24.8 Å². The summed E-state index contributed by atoms with van der Waals surface area (Å²) < 4.78 is 4.93. The molecule has 138 valence electrons. The Morgan fingerprint density at radius 1 is 1.04 bits per heavy atom. The van der Waals surface area contributed by atoms with E-state index in [4.69, 9.17) is 4.74 Å². The third-order valence-electron chi connectivity index (χ3n) is 4.83. The Bertz CT molecular complexity index is 927. The molecule has 4 rings (SSSR count). The van der Waals surface area contributed by atoms with Crippen LogP contribution in [0.15, 0.2) is 48.5 Å². The molecule has 2 aromatic carbocycles. The van der Waals surface area contributed by atoms with Crippen molar-refractivity contribution in [2.45, 2.75) is 6.17 Å². The Kier molecular flexibility index (Phi) is 4.37. The Morgan fingerprint density at radius 2 is 1.74 bits per heavy atom. The van der Waals surface area contributed by atoms with Gasteiger partial charge >= 0.3 is 0 Å². The van der Waals surface area contributed by atoms with Gasteiger partial charge in [0.1, 0.15) is 12.7 Å². The second kappa shape index (κ2) is 6.85. The number of hydrogen-bond donors (Lipinski definition) is 1. The molecule has 1 atom stereocenters. The van der Waals surface area contributed by atoms with Crippen LogP contribution < -0.4 is 10.2 Å². The van der Waals surface area contributed by atoms with Crippen LogP contribution in [0, 0.1) is 0 Å². The van der Waals surface area contributed by atoms with Gasteiger partial charge in [0.2, 0.25) is 5.91 Å². The number of para-hydroxylation sites is 1. The number of nitrogens with one attached hydrogen (secondary N) is 1. The van der Waals surface area contributed by atoms with Gasteiger partial charge in [0.25, 0.3) is 11.8 Å². The minimum atomic E-state index is -0.621. The highest BCUT2D eigenvalue weighted by atomic mass is 16.5. The lowest BCUT2D eigenvalue weighted by Crippen LogP contribution is -2.51. The first-order chi connectivity index (χ1) is 13.1. The maximum Gasteiger partial charge on any atom is 0.260 e. The number of nitrogens with zero attached hydrogens (tertiary/aromatic N) is 2. The zero-order chi connectivity index (χ0) is 19.0. The highest BCUT2D eigenvalue weighted by Crippen LogP contribution is 2.44. The van der Waals surface area contributed by atoms with Gasteiger partial charge in [-0.3, -0.25) is 19.3 Å². The zero-order valence-corrected chi connectivity index (χ0v) is 14.8. The van der Waals surface area contributed by atoms with E-state index >= 15 is 0 Å². The van der Waals surface area contributed by atoms with Crippen molar-refractivity contribution in [1.82, 2.24) is 10.2 Å². The molecule has 2 aromatic rings. The third kappa shape index (κ3) is 2.76. The van der Waals surface area contributed by atoms with Crippen molar-refractivity contribution in [1.29, 1.82) is 0 Å². The topological polar surface area (TPSA) is 79.0 Å². The Balaban J connectivity index is 1.74.